The van der Waals surface area contributed by atoms with Gasteiger partial charge in [0.25, 0.3) is 0 Å². The highest BCUT2D eigenvalue weighted by Crippen LogP contribution is 2.28. The van der Waals surface area contributed by atoms with Crippen LogP contribution < -0.4 is 11.1 Å². The van der Waals surface area contributed by atoms with Crippen LogP contribution in [-0.4, -0.2) is 9.91 Å². The van der Waals surface area contributed by atoms with Crippen LogP contribution in [-0.2, 0) is 0 Å². The molecular weight excluding hydrogens is 244 g/mol. The van der Waals surface area contributed by atoms with Crippen molar-refractivity contribution < 1.29 is 4.92 Å². The number of rotatable bonds is 3. The van der Waals surface area contributed by atoms with E-state index >= 15 is 0 Å². The van der Waals surface area contributed by atoms with E-state index in [9.17, 15) is 10.1 Å². The van der Waals surface area contributed by atoms with Crippen LogP contribution >= 0.6 is 0 Å². The summed E-state index contributed by atoms with van der Waals surface area (Å²) in [5, 5.41) is 13.9. The standard InChI is InChI=1S/C13H14N4O2/c1-8-3-4-9(2)10(7-8)15-13-11(17(18)19)5-6-12(14)16-13/h3-7H,1-2H3,(H3,14,15,16). The number of benzene rings is 1. The molecule has 0 bridgehead atoms. The summed E-state index contributed by atoms with van der Waals surface area (Å²) < 4.78 is 0. The summed E-state index contributed by atoms with van der Waals surface area (Å²) >= 11 is 0. The molecule has 6 nitrogen and oxygen atoms in total. The average molecular weight is 258 g/mol. The van der Waals surface area contributed by atoms with Gasteiger partial charge in [0, 0.05) is 11.8 Å². The molecule has 1 aromatic carbocycles. The van der Waals surface area contributed by atoms with Gasteiger partial charge in [-0.25, -0.2) is 4.98 Å². The minimum atomic E-state index is -0.486. The summed E-state index contributed by atoms with van der Waals surface area (Å²) in [7, 11) is 0. The number of aromatic nitrogens is 1. The first-order valence-electron chi connectivity index (χ1n) is 5.72. The van der Waals surface area contributed by atoms with Crippen molar-refractivity contribution in [2.45, 2.75) is 13.8 Å². The van der Waals surface area contributed by atoms with E-state index in [2.05, 4.69) is 10.3 Å². The molecule has 0 aliphatic carbocycles. The van der Waals surface area contributed by atoms with Gasteiger partial charge in [0.1, 0.15) is 5.82 Å². The topological polar surface area (TPSA) is 94.1 Å². The Morgan fingerprint density at radius 2 is 2.00 bits per heavy atom. The molecule has 0 aliphatic heterocycles. The monoisotopic (exact) mass is 258 g/mol. The van der Waals surface area contributed by atoms with Crippen molar-refractivity contribution in [1.82, 2.24) is 4.98 Å². The second-order valence-electron chi connectivity index (χ2n) is 4.30. The van der Waals surface area contributed by atoms with E-state index in [0.29, 0.717) is 0 Å². The molecule has 0 fully saturated rings. The third-order valence-electron chi connectivity index (χ3n) is 2.74. The van der Waals surface area contributed by atoms with E-state index in [1.807, 2.05) is 32.0 Å². The largest absolute Gasteiger partial charge is 0.384 e. The summed E-state index contributed by atoms with van der Waals surface area (Å²) in [5.41, 5.74) is 8.28. The molecule has 0 radical (unpaired) electrons. The predicted octanol–water partition coefficient (Wildman–Crippen LogP) is 2.93. The normalized spacial score (nSPS) is 10.2. The number of aryl methyl sites for hydroxylation is 2. The fourth-order valence-electron chi connectivity index (χ4n) is 1.70. The molecular formula is C13H14N4O2. The fraction of sp³-hybridized carbons (Fsp3) is 0.154. The van der Waals surface area contributed by atoms with Crippen molar-refractivity contribution in [2.24, 2.45) is 0 Å². The Kier molecular flexibility index (Phi) is 3.33. The van der Waals surface area contributed by atoms with Crippen molar-refractivity contribution in [2.75, 3.05) is 11.1 Å². The smallest absolute Gasteiger partial charge is 0.311 e. The number of anilines is 3. The molecule has 2 rings (SSSR count). The van der Waals surface area contributed by atoms with Crippen molar-refractivity contribution in [3.63, 3.8) is 0 Å². The van der Waals surface area contributed by atoms with E-state index in [-0.39, 0.29) is 17.3 Å². The van der Waals surface area contributed by atoms with E-state index in [1.54, 1.807) is 0 Å². The summed E-state index contributed by atoms with van der Waals surface area (Å²) in [6, 6.07) is 8.57. The minimum Gasteiger partial charge on any atom is -0.384 e. The Bertz CT molecular complexity index is 641. The highest BCUT2D eigenvalue weighted by Gasteiger charge is 2.16. The maximum absolute atomic E-state index is 11.0. The summed E-state index contributed by atoms with van der Waals surface area (Å²) in [6.07, 6.45) is 0. The van der Waals surface area contributed by atoms with Gasteiger partial charge in [-0.1, -0.05) is 12.1 Å². The molecule has 0 amide bonds. The number of hydrogen-bond acceptors (Lipinski definition) is 5. The van der Waals surface area contributed by atoms with Crippen LogP contribution in [0.5, 0.6) is 0 Å². The second kappa shape index (κ2) is 4.93. The van der Waals surface area contributed by atoms with Crippen molar-refractivity contribution in [3.8, 4) is 0 Å². The first kappa shape index (κ1) is 12.8. The fourth-order valence-corrected chi connectivity index (χ4v) is 1.70. The Morgan fingerprint density at radius 3 is 2.68 bits per heavy atom. The maximum Gasteiger partial charge on any atom is 0.311 e. The Balaban J connectivity index is 2.45. The zero-order valence-corrected chi connectivity index (χ0v) is 10.7. The van der Waals surface area contributed by atoms with Crippen LogP contribution in [0.15, 0.2) is 30.3 Å². The number of nitro groups is 1. The molecule has 1 heterocycles. The van der Waals surface area contributed by atoms with E-state index in [4.69, 9.17) is 5.73 Å². The lowest BCUT2D eigenvalue weighted by Crippen LogP contribution is -2.03. The maximum atomic E-state index is 11.0. The quantitative estimate of drug-likeness (QED) is 0.652. The van der Waals surface area contributed by atoms with Gasteiger partial charge in [-0.2, -0.15) is 0 Å². The van der Waals surface area contributed by atoms with Gasteiger partial charge in [-0.3, -0.25) is 10.1 Å². The van der Waals surface area contributed by atoms with Crippen molar-refractivity contribution in [1.29, 1.82) is 0 Å². The van der Waals surface area contributed by atoms with E-state index in [0.717, 1.165) is 16.8 Å². The van der Waals surface area contributed by atoms with Crippen molar-refractivity contribution >= 4 is 23.0 Å². The number of nitrogens with zero attached hydrogens (tertiary/aromatic N) is 2. The predicted molar refractivity (Wildman–Crippen MR) is 74.5 cm³/mol. The molecule has 0 saturated heterocycles. The van der Waals surface area contributed by atoms with Gasteiger partial charge >= 0.3 is 5.69 Å². The average Bonchev–Trinajstić information content (AvgIpc) is 2.33. The lowest BCUT2D eigenvalue weighted by Gasteiger charge is -2.10. The molecule has 0 spiro atoms. The highest BCUT2D eigenvalue weighted by atomic mass is 16.6. The number of hydrogen-bond donors (Lipinski definition) is 2. The van der Waals surface area contributed by atoms with Gasteiger partial charge in [0.05, 0.1) is 4.92 Å². The van der Waals surface area contributed by atoms with Gasteiger partial charge < -0.3 is 11.1 Å². The third kappa shape index (κ3) is 2.79. The third-order valence-corrected chi connectivity index (χ3v) is 2.74. The minimum absolute atomic E-state index is 0.102. The van der Waals surface area contributed by atoms with Gasteiger partial charge in [-0.05, 0) is 37.1 Å². The Hall–Kier alpha value is -2.63. The summed E-state index contributed by atoms with van der Waals surface area (Å²) in [4.78, 5) is 14.5. The zero-order valence-electron chi connectivity index (χ0n) is 10.7. The molecule has 3 N–H and O–H groups in total. The van der Waals surface area contributed by atoms with E-state index < -0.39 is 4.92 Å². The second-order valence-corrected chi connectivity index (χ2v) is 4.30. The lowest BCUT2D eigenvalue weighted by atomic mass is 10.1. The van der Waals surface area contributed by atoms with Gasteiger partial charge in [0.15, 0.2) is 0 Å². The number of pyridine rings is 1. The SMILES string of the molecule is Cc1ccc(C)c(Nc2nc(N)ccc2[N+](=O)[O-])c1. The molecule has 0 atom stereocenters. The lowest BCUT2D eigenvalue weighted by molar-refractivity contribution is -0.384. The first-order chi connectivity index (χ1) is 8.97. The van der Waals surface area contributed by atoms with Gasteiger partial charge in [0.2, 0.25) is 5.82 Å². The van der Waals surface area contributed by atoms with Crippen molar-refractivity contribution in [3.05, 3.63) is 51.6 Å². The molecule has 0 unspecified atom stereocenters. The molecule has 6 heteroatoms. The van der Waals surface area contributed by atoms with E-state index in [1.165, 1.54) is 12.1 Å². The van der Waals surface area contributed by atoms with Crippen LogP contribution in [0.3, 0.4) is 0 Å². The van der Waals surface area contributed by atoms with Gasteiger partial charge in [-0.15, -0.1) is 0 Å². The Morgan fingerprint density at radius 1 is 1.26 bits per heavy atom. The summed E-state index contributed by atoms with van der Waals surface area (Å²) in [6.45, 7) is 3.87. The first-order valence-corrected chi connectivity index (χ1v) is 5.72. The molecule has 1 aromatic heterocycles. The molecule has 0 aliphatic rings. The molecule has 0 saturated carbocycles. The van der Waals surface area contributed by atoms with Crippen LogP contribution in [0.2, 0.25) is 0 Å². The van der Waals surface area contributed by atoms with Crippen LogP contribution in [0.25, 0.3) is 0 Å². The molecule has 98 valence electrons. The Labute approximate surface area is 110 Å². The summed E-state index contributed by atoms with van der Waals surface area (Å²) in [5.74, 6) is 0.386. The number of nitrogen functional groups attached to an aromatic ring is 1. The molecule has 2 aromatic rings. The number of nitrogens with one attached hydrogen (secondary N) is 1. The van der Waals surface area contributed by atoms with Crippen LogP contribution in [0.1, 0.15) is 11.1 Å². The van der Waals surface area contributed by atoms with Crippen LogP contribution in [0.4, 0.5) is 23.0 Å². The number of nitrogens with two attached hydrogens (primary N) is 1. The zero-order chi connectivity index (χ0) is 14.0. The molecule has 19 heavy (non-hydrogen) atoms. The highest BCUT2D eigenvalue weighted by molar-refractivity contribution is 5.69. The van der Waals surface area contributed by atoms with Crippen LogP contribution in [0, 0.1) is 24.0 Å².